The first kappa shape index (κ1) is 20.7. The highest BCUT2D eigenvalue weighted by Crippen LogP contribution is 2.28. The summed E-state index contributed by atoms with van der Waals surface area (Å²) in [6.07, 6.45) is 0.901. The van der Waals surface area contributed by atoms with Crippen LogP contribution in [0.25, 0.3) is 11.3 Å². The Balaban J connectivity index is 1.52. The quantitative estimate of drug-likeness (QED) is 0.564. The van der Waals surface area contributed by atoms with Gasteiger partial charge in [0.1, 0.15) is 0 Å². The number of morpholine rings is 1. The fraction of sp³-hybridized carbons (Fsp3) is 0.333. The Hall–Kier alpha value is -2.54. The SMILES string of the molecule is Cc1ccc(C(=O)N(CCCN2CCOCC2)c2nc(-c3ccccc3)cs2)cc1. The van der Waals surface area contributed by atoms with Crippen molar-refractivity contribution < 1.29 is 9.53 Å². The van der Waals surface area contributed by atoms with E-state index in [2.05, 4.69) is 4.90 Å². The van der Waals surface area contributed by atoms with Gasteiger partial charge in [0.2, 0.25) is 0 Å². The zero-order chi connectivity index (χ0) is 20.8. The van der Waals surface area contributed by atoms with Crippen molar-refractivity contribution in [1.29, 1.82) is 0 Å². The van der Waals surface area contributed by atoms with Crippen molar-refractivity contribution in [2.75, 3.05) is 44.3 Å². The molecule has 4 rings (SSSR count). The number of hydrogen-bond donors (Lipinski definition) is 0. The summed E-state index contributed by atoms with van der Waals surface area (Å²) in [6, 6.07) is 17.9. The van der Waals surface area contributed by atoms with Crippen LogP contribution in [0, 0.1) is 6.92 Å². The topological polar surface area (TPSA) is 45.7 Å². The van der Waals surface area contributed by atoms with Crippen molar-refractivity contribution in [2.24, 2.45) is 0 Å². The molecule has 0 aliphatic carbocycles. The smallest absolute Gasteiger partial charge is 0.260 e. The van der Waals surface area contributed by atoms with Gasteiger partial charge in [-0.3, -0.25) is 14.6 Å². The minimum atomic E-state index is 0.00550. The van der Waals surface area contributed by atoms with Crippen LogP contribution in [0.5, 0.6) is 0 Å². The van der Waals surface area contributed by atoms with Gasteiger partial charge in [-0.25, -0.2) is 4.98 Å². The summed E-state index contributed by atoms with van der Waals surface area (Å²) < 4.78 is 5.43. The van der Waals surface area contributed by atoms with Gasteiger partial charge in [0.25, 0.3) is 5.91 Å². The molecule has 156 valence electrons. The Morgan fingerprint density at radius 1 is 1.10 bits per heavy atom. The van der Waals surface area contributed by atoms with Crippen molar-refractivity contribution in [1.82, 2.24) is 9.88 Å². The van der Waals surface area contributed by atoms with Gasteiger partial charge in [-0.15, -0.1) is 11.3 Å². The van der Waals surface area contributed by atoms with Gasteiger partial charge in [0, 0.05) is 42.7 Å². The van der Waals surface area contributed by atoms with Crippen LogP contribution in [0.3, 0.4) is 0 Å². The maximum atomic E-state index is 13.3. The lowest BCUT2D eigenvalue weighted by Crippen LogP contribution is -2.39. The van der Waals surface area contributed by atoms with Crippen LogP contribution in [0.1, 0.15) is 22.3 Å². The highest BCUT2D eigenvalue weighted by molar-refractivity contribution is 7.14. The van der Waals surface area contributed by atoms with Crippen LogP contribution >= 0.6 is 11.3 Å². The molecule has 1 aromatic heterocycles. The third-order valence-electron chi connectivity index (χ3n) is 5.30. The van der Waals surface area contributed by atoms with Crippen LogP contribution in [-0.4, -0.2) is 55.2 Å². The molecule has 0 bridgehead atoms. The molecule has 1 fully saturated rings. The Bertz CT molecular complexity index is 950. The lowest BCUT2D eigenvalue weighted by atomic mass is 10.1. The summed E-state index contributed by atoms with van der Waals surface area (Å²) in [7, 11) is 0. The van der Waals surface area contributed by atoms with Crippen LogP contribution < -0.4 is 4.90 Å². The van der Waals surface area contributed by atoms with Crippen molar-refractivity contribution in [2.45, 2.75) is 13.3 Å². The first-order chi connectivity index (χ1) is 14.7. The molecule has 30 heavy (non-hydrogen) atoms. The molecule has 0 saturated carbocycles. The highest BCUT2D eigenvalue weighted by Gasteiger charge is 2.21. The molecule has 6 heteroatoms. The van der Waals surface area contributed by atoms with Crippen LogP contribution in [0.15, 0.2) is 60.0 Å². The molecule has 5 nitrogen and oxygen atoms in total. The first-order valence-corrected chi connectivity index (χ1v) is 11.3. The van der Waals surface area contributed by atoms with E-state index in [9.17, 15) is 4.79 Å². The minimum absolute atomic E-state index is 0.00550. The third-order valence-corrected chi connectivity index (χ3v) is 6.16. The van der Waals surface area contributed by atoms with Crippen molar-refractivity contribution in [3.63, 3.8) is 0 Å². The predicted molar refractivity (Wildman–Crippen MR) is 122 cm³/mol. The second-order valence-electron chi connectivity index (χ2n) is 7.51. The van der Waals surface area contributed by atoms with Gasteiger partial charge < -0.3 is 4.74 Å². The van der Waals surface area contributed by atoms with Gasteiger partial charge in [0.15, 0.2) is 5.13 Å². The Morgan fingerprint density at radius 2 is 1.83 bits per heavy atom. The molecular formula is C24H27N3O2S. The lowest BCUT2D eigenvalue weighted by Gasteiger charge is -2.27. The van der Waals surface area contributed by atoms with E-state index in [0.717, 1.165) is 61.2 Å². The van der Waals surface area contributed by atoms with Crippen molar-refractivity contribution in [3.8, 4) is 11.3 Å². The number of benzene rings is 2. The molecular weight excluding hydrogens is 394 g/mol. The van der Waals surface area contributed by atoms with Crippen molar-refractivity contribution in [3.05, 3.63) is 71.1 Å². The van der Waals surface area contributed by atoms with Gasteiger partial charge in [-0.05, 0) is 25.5 Å². The monoisotopic (exact) mass is 421 g/mol. The lowest BCUT2D eigenvalue weighted by molar-refractivity contribution is 0.0376. The number of hydrogen-bond acceptors (Lipinski definition) is 5. The second kappa shape index (κ2) is 9.98. The maximum Gasteiger partial charge on any atom is 0.260 e. The van der Waals surface area contributed by atoms with E-state index < -0.39 is 0 Å². The second-order valence-corrected chi connectivity index (χ2v) is 8.35. The van der Waals surface area contributed by atoms with E-state index in [1.807, 2.05) is 71.8 Å². The fourth-order valence-electron chi connectivity index (χ4n) is 3.54. The van der Waals surface area contributed by atoms with Crippen LogP contribution in [0.4, 0.5) is 5.13 Å². The van der Waals surface area contributed by atoms with E-state index in [4.69, 9.17) is 9.72 Å². The maximum absolute atomic E-state index is 13.3. The van der Waals surface area contributed by atoms with E-state index in [1.165, 1.54) is 11.3 Å². The number of ether oxygens (including phenoxy) is 1. The first-order valence-electron chi connectivity index (χ1n) is 10.4. The molecule has 0 unspecified atom stereocenters. The largest absolute Gasteiger partial charge is 0.379 e. The highest BCUT2D eigenvalue weighted by atomic mass is 32.1. The standard InChI is InChI=1S/C24H27N3O2S/c1-19-8-10-21(11-9-19)23(28)27(13-5-12-26-14-16-29-17-15-26)24-25-22(18-30-24)20-6-3-2-4-7-20/h2-4,6-11,18H,5,12-17H2,1H3. The molecule has 1 saturated heterocycles. The van der Waals surface area contributed by atoms with E-state index >= 15 is 0 Å². The summed E-state index contributed by atoms with van der Waals surface area (Å²) in [6.45, 7) is 7.13. The number of aryl methyl sites for hydroxylation is 1. The third kappa shape index (κ3) is 5.14. The minimum Gasteiger partial charge on any atom is -0.379 e. The van der Waals surface area contributed by atoms with E-state index in [1.54, 1.807) is 0 Å². The van der Waals surface area contributed by atoms with Gasteiger partial charge in [0.05, 0.1) is 18.9 Å². The molecule has 0 radical (unpaired) electrons. The number of amides is 1. The molecule has 1 aliphatic rings. The average molecular weight is 422 g/mol. The molecule has 0 atom stereocenters. The summed E-state index contributed by atoms with van der Waals surface area (Å²) in [5.41, 5.74) is 3.82. The summed E-state index contributed by atoms with van der Waals surface area (Å²) in [5.74, 6) is 0.00550. The zero-order valence-corrected chi connectivity index (χ0v) is 18.1. The molecule has 1 aliphatic heterocycles. The molecule has 3 aromatic rings. The number of carbonyl (C=O) groups is 1. The molecule has 0 spiro atoms. The number of carbonyl (C=O) groups excluding carboxylic acids is 1. The normalized spacial score (nSPS) is 14.6. The fourth-order valence-corrected chi connectivity index (χ4v) is 4.40. The number of nitrogens with zero attached hydrogens (tertiary/aromatic N) is 3. The summed E-state index contributed by atoms with van der Waals surface area (Å²) >= 11 is 1.53. The Kier molecular flexibility index (Phi) is 6.89. The summed E-state index contributed by atoms with van der Waals surface area (Å²) in [5, 5.41) is 2.78. The predicted octanol–water partition coefficient (Wildman–Crippen LogP) is 4.49. The summed E-state index contributed by atoms with van der Waals surface area (Å²) in [4.78, 5) is 22.4. The van der Waals surface area contributed by atoms with E-state index in [-0.39, 0.29) is 5.91 Å². The van der Waals surface area contributed by atoms with Crippen LogP contribution in [-0.2, 0) is 4.74 Å². The molecule has 2 aromatic carbocycles. The molecule has 0 N–H and O–H groups in total. The van der Waals surface area contributed by atoms with Crippen LogP contribution in [0.2, 0.25) is 0 Å². The molecule has 1 amide bonds. The number of thiazole rings is 1. The number of aromatic nitrogens is 1. The van der Waals surface area contributed by atoms with E-state index in [0.29, 0.717) is 12.1 Å². The van der Waals surface area contributed by atoms with Gasteiger partial charge in [-0.2, -0.15) is 0 Å². The van der Waals surface area contributed by atoms with Gasteiger partial charge >= 0.3 is 0 Å². The van der Waals surface area contributed by atoms with Crippen molar-refractivity contribution >= 4 is 22.4 Å². The average Bonchev–Trinajstić information content (AvgIpc) is 3.28. The number of rotatable bonds is 7. The Labute approximate surface area is 181 Å². The Morgan fingerprint density at radius 3 is 2.57 bits per heavy atom. The molecule has 2 heterocycles. The van der Waals surface area contributed by atoms with Gasteiger partial charge in [-0.1, -0.05) is 48.0 Å². The zero-order valence-electron chi connectivity index (χ0n) is 17.3. The number of anilines is 1.